The van der Waals surface area contributed by atoms with Gasteiger partial charge in [-0.15, -0.1) is 0 Å². The van der Waals surface area contributed by atoms with Crippen molar-refractivity contribution in [2.24, 2.45) is 7.05 Å². The third kappa shape index (κ3) is 3.69. The van der Waals surface area contributed by atoms with Gasteiger partial charge < -0.3 is 9.30 Å². The molecule has 0 aliphatic carbocycles. The Balaban J connectivity index is 1.89. The number of amides is 1. The van der Waals surface area contributed by atoms with E-state index in [1.807, 2.05) is 4.72 Å². The molecule has 2 aromatic heterocycles. The molecule has 2 heterocycles. The van der Waals surface area contributed by atoms with Crippen LogP contribution in [0.25, 0.3) is 11.4 Å². The Kier molecular flexibility index (Phi) is 5.10. The van der Waals surface area contributed by atoms with Gasteiger partial charge in [-0.05, 0) is 18.2 Å². The smallest absolute Gasteiger partial charge is 0.285 e. The third-order valence-corrected chi connectivity index (χ3v) is 5.07. The summed E-state index contributed by atoms with van der Waals surface area (Å²) in [6, 6.07) is 5.82. The first-order valence-corrected chi connectivity index (χ1v) is 9.26. The molecule has 0 saturated heterocycles. The molecule has 0 aliphatic heterocycles. The van der Waals surface area contributed by atoms with Crippen molar-refractivity contribution in [3.8, 4) is 17.3 Å². The summed E-state index contributed by atoms with van der Waals surface area (Å²) < 4.78 is 60.5. The number of sulfonamides is 1. The Morgan fingerprint density at radius 3 is 2.43 bits per heavy atom. The molecule has 0 atom stereocenters. The number of benzene rings is 1. The van der Waals surface area contributed by atoms with Crippen LogP contribution in [0.15, 0.2) is 47.6 Å². The number of hydrogen-bond donors (Lipinski definition) is 1. The lowest BCUT2D eigenvalue weighted by molar-refractivity contribution is 0.0977. The molecule has 11 heteroatoms. The summed E-state index contributed by atoms with van der Waals surface area (Å²) in [7, 11) is -1.44. The third-order valence-electron chi connectivity index (χ3n) is 3.75. The lowest BCUT2D eigenvalue weighted by Gasteiger charge is -2.06. The number of nitrogens with one attached hydrogen (secondary N) is 1. The van der Waals surface area contributed by atoms with Crippen LogP contribution in [0.4, 0.5) is 8.78 Å². The van der Waals surface area contributed by atoms with Crippen molar-refractivity contribution in [2.75, 3.05) is 7.11 Å². The van der Waals surface area contributed by atoms with E-state index in [0.717, 1.165) is 18.3 Å². The number of ether oxygens (including phenoxy) is 1. The van der Waals surface area contributed by atoms with Gasteiger partial charge in [-0.1, -0.05) is 6.07 Å². The summed E-state index contributed by atoms with van der Waals surface area (Å²) in [6.45, 7) is 0. The first kappa shape index (κ1) is 19.4. The maximum absolute atomic E-state index is 14.0. The molecule has 1 aromatic carbocycles. The number of nitrogens with zero attached hydrogens (tertiary/aromatic N) is 3. The van der Waals surface area contributed by atoms with Gasteiger partial charge in [-0.25, -0.2) is 31.9 Å². The fraction of sp³-hybridized carbons (Fsp3) is 0.118. The minimum Gasteiger partial charge on any atom is -0.481 e. The molecular formula is C17H14F2N4O4S. The highest BCUT2D eigenvalue weighted by atomic mass is 32.2. The van der Waals surface area contributed by atoms with Crippen LogP contribution in [-0.2, 0) is 17.1 Å². The summed E-state index contributed by atoms with van der Waals surface area (Å²) in [5, 5.41) is 0. The van der Waals surface area contributed by atoms with Crippen molar-refractivity contribution < 1.29 is 26.7 Å². The zero-order valence-corrected chi connectivity index (χ0v) is 15.5. The Bertz CT molecular complexity index is 1120. The zero-order valence-electron chi connectivity index (χ0n) is 14.7. The van der Waals surface area contributed by atoms with Crippen LogP contribution in [0.3, 0.4) is 0 Å². The van der Waals surface area contributed by atoms with Crippen LogP contribution in [0, 0.1) is 11.6 Å². The number of rotatable bonds is 5. The van der Waals surface area contributed by atoms with Gasteiger partial charge in [0.15, 0.2) is 0 Å². The first-order valence-electron chi connectivity index (χ1n) is 7.78. The Morgan fingerprint density at radius 2 is 1.86 bits per heavy atom. The van der Waals surface area contributed by atoms with Crippen LogP contribution in [0.1, 0.15) is 10.5 Å². The number of carbonyl (C=O) groups is 1. The molecule has 146 valence electrons. The monoisotopic (exact) mass is 408 g/mol. The van der Waals surface area contributed by atoms with E-state index in [9.17, 15) is 22.0 Å². The SMILES string of the molecule is COc1ccc(S(=O)(=O)NC(=O)c2cn(C)c(-c3c(F)cccc3F)n2)cn1. The van der Waals surface area contributed by atoms with Gasteiger partial charge in [0.2, 0.25) is 5.88 Å². The standard InChI is InChI=1S/C17H14F2N4O4S/c1-23-9-13(21-16(23)15-11(18)4-3-5-12(15)19)17(24)22-28(25,26)10-6-7-14(27-2)20-8-10/h3-9H,1-2H3,(H,22,24). The van der Waals surface area contributed by atoms with Crippen molar-refractivity contribution in [1.82, 2.24) is 19.3 Å². The molecule has 3 rings (SSSR count). The quantitative estimate of drug-likeness (QED) is 0.692. The van der Waals surface area contributed by atoms with Gasteiger partial charge in [0.25, 0.3) is 15.9 Å². The van der Waals surface area contributed by atoms with Gasteiger partial charge >= 0.3 is 0 Å². The molecule has 0 fully saturated rings. The van der Waals surface area contributed by atoms with E-state index >= 15 is 0 Å². The van der Waals surface area contributed by atoms with Gasteiger partial charge in [0.05, 0.1) is 18.9 Å². The van der Waals surface area contributed by atoms with Crippen LogP contribution in [-0.4, -0.2) is 36.0 Å². The van der Waals surface area contributed by atoms with E-state index in [-0.39, 0.29) is 22.3 Å². The summed E-state index contributed by atoms with van der Waals surface area (Å²) in [4.78, 5) is 19.7. The lowest BCUT2D eigenvalue weighted by atomic mass is 10.2. The highest BCUT2D eigenvalue weighted by molar-refractivity contribution is 7.90. The number of aromatic nitrogens is 3. The average Bonchev–Trinajstić information content (AvgIpc) is 3.03. The van der Waals surface area contributed by atoms with Crippen LogP contribution in [0.2, 0.25) is 0 Å². The molecule has 28 heavy (non-hydrogen) atoms. The zero-order chi connectivity index (χ0) is 20.5. The second-order valence-corrected chi connectivity index (χ2v) is 7.31. The Labute approximate surface area is 158 Å². The molecule has 0 radical (unpaired) electrons. The van der Waals surface area contributed by atoms with E-state index in [2.05, 4.69) is 9.97 Å². The number of aryl methyl sites for hydroxylation is 1. The van der Waals surface area contributed by atoms with Crippen molar-refractivity contribution in [3.63, 3.8) is 0 Å². The van der Waals surface area contributed by atoms with E-state index in [0.29, 0.717) is 0 Å². The molecule has 0 saturated carbocycles. The van der Waals surface area contributed by atoms with E-state index in [1.165, 1.54) is 43.1 Å². The number of halogens is 2. The fourth-order valence-corrected chi connectivity index (χ4v) is 3.30. The normalized spacial score (nSPS) is 11.3. The topological polar surface area (TPSA) is 103 Å². The van der Waals surface area contributed by atoms with E-state index in [1.54, 1.807) is 0 Å². The molecule has 8 nitrogen and oxygen atoms in total. The van der Waals surface area contributed by atoms with E-state index < -0.39 is 33.1 Å². The van der Waals surface area contributed by atoms with Gasteiger partial charge in [0.1, 0.15) is 28.0 Å². The molecule has 1 amide bonds. The second kappa shape index (κ2) is 7.35. The summed E-state index contributed by atoms with van der Waals surface area (Å²) in [5.41, 5.74) is -0.753. The summed E-state index contributed by atoms with van der Waals surface area (Å²) in [6.07, 6.45) is 2.19. The summed E-state index contributed by atoms with van der Waals surface area (Å²) >= 11 is 0. The summed E-state index contributed by atoms with van der Waals surface area (Å²) in [5.74, 6) is -2.75. The van der Waals surface area contributed by atoms with Crippen molar-refractivity contribution >= 4 is 15.9 Å². The number of imidazole rings is 1. The van der Waals surface area contributed by atoms with Crippen molar-refractivity contribution in [3.05, 3.63) is 60.1 Å². The minimum absolute atomic E-state index is 0.163. The van der Waals surface area contributed by atoms with Gasteiger partial charge in [0, 0.05) is 19.3 Å². The molecule has 1 N–H and O–H groups in total. The molecule has 0 unspecified atom stereocenters. The van der Waals surface area contributed by atoms with Crippen LogP contribution in [0.5, 0.6) is 5.88 Å². The van der Waals surface area contributed by atoms with E-state index in [4.69, 9.17) is 4.74 Å². The maximum Gasteiger partial charge on any atom is 0.285 e. The van der Waals surface area contributed by atoms with Gasteiger partial charge in [-0.3, -0.25) is 4.79 Å². The lowest BCUT2D eigenvalue weighted by Crippen LogP contribution is -2.30. The Hall–Kier alpha value is -3.34. The van der Waals surface area contributed by atoms with Crippen LogP contribution < -0.4 is 9.46 Å². The maximum atomic E-state index is 14.0. The minimum atomic E-state index is -4.23. The molecule has 3 aromatic rings. The predicted molar refractivity (Wildman–Crippen MR) is 94.0 cm³/mol. The predicted octanol–water partition coefficient (Wildman–Crippen LogP) is 1.89. The molecule has 0 spiro atoms. The van der Waals surface area contributed by atoms with Gasteiger partial charge in [-0.2, -0.15) is 0 Å². The fourth-order valence-electron chi connectivity index (χ4n) is 2.40. The first-order chi connectivity index (χ1) is 13.2. The van der Waals surface area contributed by atoms with Crippen molar-refractivity contribution in [1.29, 1.82) is 0 Å². The highest BCUT2D eigenvalue weighted by Crippen LogP contribution is 2.25. The van der Waals surface area contributed by atoms with Crippen molar-refractivity contribution in [2.45, 2.75) is 4.90 Å². The number of pyridine rings is 1. The second-order valence-electron chi connectivity index (χ2n) is 5.63. The number of methoxy groups -OCH3 is 1. The highest BCUT2D eigenvalue weighted by Gasteiger charge is 2.24. The average molecular weight is 408 g/mol. The van der Waals surface area contributed by atoms with Crippen LogP contribution >= 0.6 is 0 Å². The Morgan fingerprint density at radius 1 is 1.18 bits per heavy atom. The molecule has 0 bridgehead atoms. The molecule has 0 aliphatic rings. The largest absolute Gasteiger partial charge is 0.481 e. The number of carbonyl (C=O) groups excluding carboxylic acids is 1. The molecular weight excluding hydrogens is 394 g/mol. The number of hydrogen-bond acceptors (Lipinski definition) is 6.